The van der Waals surface area contributed by atoms with Gasteiger partial charge in [0.1, 0.15) is 23.1 Å². The molecule has 0 saturated heterocycles. The summed E-state index contributed by atoms with van der Waals surface area (Å²) in [5, 5.41) is 4.55. The van der Waals surface area contributed by atoms with Crippen LogP contribution < -0.4 is 9.47 Å². The van der Waals surface area contributed by atoms with Crippen LogP contribution in [0, 0.1) is 11.8 Å². The predicted octanol–water partition coefficient (Wildman–Crippen LogP) is 7.79. The number of fused-ring (bicyclic) bond motifs is 2. The Morgan fingerprint density at radius 2 is 1.11 bits per heavy atom. The summed E-state index contributed by atoms with van der Waals surface area (Å²) in [6.45, 7) is 9.75. The first-order valence-electron chi connectivity index (χ1n) is 12.8. The number of methoxy groups -OCH3 is 2. The van der Waals surface area contributed by atoms with E-state index in [4.69, 9.17) is 9.47 Å². The van der Waals surface area contributed by atoms with Crippen LogP contribution in [0.4, 0.5) is 0 Å². The molecule has 194 valence electrons. The molecule has 37 heavy (non-hydrogen) atoms. The van der Waals surface area contributed by atoms with Gasteiger partial charge in [-0.2, -0.15) is 0 Å². The molecular formula is C33H38O4. The van der Waals surface area contributed by atoms with E-state index < -0.39 is 0 Å². The summed E-state index contributed by atoms with van der Waals surface area (Å²) >= 11 is 0. The molecule has 0 spiro atoms. The zero-order chi connectivity index (χ0) is 27.1. The molecule has 0 aliphatic carbocycles. The third kappa shape index (κ3) is 7.19. The highest BCUT2D eigenvalue weighted by Gasteiger charge is 2.18. The molecular weight excluding hydrogens is 460 g/mol. The molecule has 0 saturated carbocycles. The molecule has 0 unspecified atom stereocenters. The second-order valence-corrected chi connectivity index (χ2v) is 10.1. The highest BCUT2D eigenvalue weighted by Crippen LogP contribution is 2.27. The van der Waals surface area contributed by atoms with E-state index in [1.165, 1.54) is 0 Å². The van der Waals surface area contributed by atoms with Crippen molar-refractivity contribution in [1.82, 2.24) is 0 Å². The van der Waals surface area contributed by atoms with Gasteiger partial charge in [-0.25, -0.2) is 0 Å². The van der Waals surface area contributed by atoms with Gasteiger partial charge in [-0.1, -0.05) is 83.1 Å². The standard InChI is InChI=1S/C17H20O2.C16H18O2/c1-11(2)17(18)12(3)13-5-6-15-10-16(19-4)8-7-14(15)9-13;1-11(2)16(17)9-12-4-5-14-10-15(18-3)7-6-13(14)8-12/h5-12H,1-4H3;4-8,10-11H,9H2,1-3H3/t12-;/m0./s1. The number of carbonyl (C=O) groups excluding carboxylic acids is 2. The van der Waals surface area contributed by atoms with Crippen LogP contribution in [0.1, 0.15) is 51.7 Å². The Hall–Kier alpha value is -3.66. The average molecular weight is 499 g/mol. The van der Waals surface area contributed by atoms with E-state index in [1.807, 2.05) is 89.2 Å². The Labute approximate surface area is 220 Å². The second kappa shape index (κ2) is 12.5. The van der Waals surface area contributed by atoms with Crippen LogP contribution in [0.5, 0.6) is 11.5 Å². The Morgan fingerprint density at radius 1 is 0.622 bits per heavy atom. The molecule has 0 aromatic heterocycles. The first-order chi connectivity index (χ1) is 17.6. The monoisotopic (exact) mass is 498 g/mol. The van der Waals surface area contributed by atoms with Crippen molar-refractivity contribution in [2.24, 2.45) is 11.8 Å². The van der Waals surface area contributed by atoms with Crippen molar-refractivity contribution in [1.29, 1.82) is 0 Å². The van der Waals surface area contributed by atoms with Crippen molar-refractivity contribution in [3.63, 3.8) is 0 Å². The number of ether oxygens (including phenoxy) is 2. The minimum Gasteiger partial charge on any atom is -0.497 e. The zero-order valence-corrected chi connectivity index (χ0v) is 23.0. The van der Waals surface area contributed by atoms with Crippen LogP contribution in [-0.4, -0.2) is 25.8 Å². The van der Waals surface area contributed by atoms with E-state index >= 15 is 0 Å². The predicted molar refractivity (Wildman–Crippen MR) is 153 cm³/mol. The second-order valence-electron chi connectivity index (χ2n) is 10.1. The number of rotatable bonds is 8. The molecule has 0 bridgehead atoms. The normalized spacial score (nSPS) is 11.8. The molecule has 4 heteroatoms. The first kappa shape index (κ1) is 27.9. The average Bonchev–Trinajstić information content (AvgIpc) is 2.91. The van der Waals surface area contributed by atoms with Gasteiger partial charge >= 0.3 is 0 Å². The lowest BCUT2D eigenvalue weighted by atomic mass is 9.89. The minimum absolute atomic E-state index is 0.0495. The lowest BCUT2D eigenvalue weighted by Crippen LogP contribution is -2.15. The molecule has 0 radical (unpaired) electrons. The molecule has 0 aliphatic heterocycles. The number of carbonyl (C=O) groups is 2. The van der Waals surface area contributed by atoms with Crippen molar-refractivity contribution >= 4 is 33.1 Å². The summed E-state index contributed by atoms with van der Waals surface area (Å²) in [6, 6.07) is 24.3. The van der Waals surface area contributed by atoms with Crippen LogP contribution in [0.2, 0.25) is 0 Å². The summed E-state index contributed by atoms with van der Waals surface area (Å²) in [4.78, 5) is 23.8. The maximum Gasteiger partial charge on any atom is 0.142 e. The number of benzene rings is 4. The Kier molecular flexibility index (Phi) is 9.46. The third-order valence-electron chi connectivity index (χ3n) is 6.70. The van der Waals surface area contributed by atoms with Gasteiger partial charge in [0.15, 0.2) is 0 Å². The lowest BCUT2D eigenvalue weighted by Gasteiger charge is -2.14. The first-order valence-corrected chi connectivity index (χ1v) is 12.8. The van der Waals surface area contributed by atoms with Crippen LogP contribution in [0.15, 0.2) is 72.8 Å². The molecule has 4 rings (SSSR count). The van der Waals surface area contributed by atoms with Crippen LogP contribution >= 0.6 is 0 Å². The van der Waals surface area contributed by atoms with E-state index in [9.17, 15) is 9.59 Å². The minimum atomic E-state index is -0.0495. The van der Waals surface area contributed by atoms with Gasteiger partial charge < -0.3 is 9.47 Å². The fraction of sp³-hybridized carbons (Fsp3) is 0.333. The topological polar surface area (TPSA) is 52.6 Å². The van der Waals surface area contributed by atoms with Gasteiger partial charge in [-0.05, 0) is 56.9 Å². The van der Waals surface area contributed by atoms with E-state index in [2.05, 4.69) is 18.2 Å². The van der Waals surface area contributed by atoms with Crippen LogP contribution in [-0.2, 0) is 16.0 Å². The quantitative estimate of drug-likeness (QED) is 0.249. The number of hydrogen-bond acceptors (Lipinski definition) is 4. The molecule has 0 amide bonds. The van der Waals surface area contributed by atoms with Crippen molar-refractivity contribution in [3.8, 4) is 11.5 Å². The van der Waals surface area contributed by atoms with Gasteiger partial charge in [0.25, 0.3) is 0 Å². The number of ketones is 2. The smallest absolute Gasteiger partial charge is 0.142 e. The fourth-order valence-corrected chi connectivity index (χ4v) is 4.22. The van der Waals surface area contributed by atoms with Crippen molar-refractivity contribution in [2.45, 2.75) is 47.0 Å². The summed E-state index contributed by atoms with van der Waals surface area (Å²) < 4.78 is 10.4. The molecule has 0 fully saturated rings. The molecule has 4 aromatic rings. The number of hydrogen-bond donors (Lipinski definition) is 0. The highest BCUT2D eigenvalue weighted by molar-refractivity contribution is 5.90. The van der Waals surface area contributed by atoms with Gasteiger partial charge in [0.05, 0.1) is 14.2 Å². The van der Waals surface area contributed by atoms with Crippen molar-refractivity contribution in [2.75, 3.05) is 14.2 Å². The Bertz CT molecular complexity index is 1380. The summed E-state index contributed by atoms with van der Waals surface area (Å²) in [6.07, 6.45) is 0.514. The summed E-state index contributed by atoms with van der Waals surface area (Å²) in [5.41, 5.74) is 2.16. The van der Waals surface area contributed by atoms with E-state index in [0.717, 1.165) is 44.2 Å². The van der Waals surface area contributed by atoms with E-state index in [-0.39, 0.29) is 29.3 Å². The fourth-order valence-electron chi connectivity index (χ4n) is 4.22. The summed E-state index contributed by atoms with van der Waals surface area (Å²) in [5.74, 6) is 2.39. The highest BCUT2D eigenvalue weighted by atomic mass is 16.5. The van der Waals surface area contributed by atoms with Crippen molar-refractivity contribution in [3.05, 3.63) is 83.9 Å². The molecule has 0 heterocycles. The van der Waals surface area contributed by atoms with Crippen LogP contribution in [0.3, 0.4) is 0 Å². The SMILES string of the molecule is COc1ccc2cc(CC(=O)C(C)C)ccc2c1.COc1ccc2cc([C@H](C)C(=O)C(C)C)ccc2c1. The van der Waals surface area contributed by atoms with Gasteiger partial charge in [-0.3, -0.25) is 9.59 Å². The maximum atomic E-state index is 12.1. The Morgan fingerprint density at radius 3 is 1.62 bits per heavy atom. The summed E-state index contributed by atoms with van der Waals surface area (Å²) in [7, 11) is 3.33. The molecule has 0 aliphatic rings. The van der Waals surface area contributed by atoms with E-state index in [1.54, 1.807) is 14.2 Å². The van der Waals surface area contributed by atoms with Crippen molar-refractivity contribution < 1.29 is 19.1 Å². The largest absolute Gasteiger partial charge is 0.497 e. The van der Waals surface area contributed by atoms with Gasteiger partial charge in [0, 0.05) is 24.2 Å². The lowest BCUT2D eigenvalue weighted by molar-refractivity contribution is -0.123. The molecule has 0 N–H and O–H groups in total. The number of Topliss-reactive ketones (excluding diaryl/α,β-unsaturated/α-hetero) is 2. The molecule has 4 nitrogen and oxygen atoms in total. The van der Waals surface area contributed by atoms with Gasteiger partial charge in [-0.15, -0.1) is 0 Å². The zero-order valence-electron chi connectivity index (χ0n) is 23.0. The molecule has 1 atom stereocenters. The Balaban J connectivity index is 0.000000206. The van der Waals surface area contributed by atoms with Crippen LogP contribution in [0.25, 0.3) is 21.5 Å². The third-order valence-corrected chi connectivity index (χ3v) is 6.70. The maximum absolute atomic E-state index is 12.1. The van der Waals surface area contributed by atoms with Gasteiger partial charge in [0.2, 0.25) is 0 Å². The molecule has 4 aromatic carbocycles. The van der Waals surface area contributed by atoms with E-state index in [0.29, 0.717) is 6.42 Å².